The molecule has 1 atom stereocenters. The zero-order valence-electron chi connectivity index (χ0n) is 18.3. The summed E-state index contributed by atoms with van der Waals surface area (Å²) in [6.45, 7) is 4.81. The highest BCUT2D eigenvalue weighted by Gasteiger charge is 2.49. The van der Waals surface area contributed by atoms with Gasteiger partial charge in [-0.25, -0.2) is 4.68 Å². The van der Waals surface area contributed by atoms with E-state index in [2.05, 4.69) is 20.4 Å². The average molecular weight is 437 g/mol. The summed E-state index contributed by atoms with van der Waals surface area (Å²) in [6.07, 6.45) is 6.25. The van der Waals surface area contributed by atoms with Gasteiger partial charge in [0.15, 0.2) is 5.78 Å². The molecule has 9 nitrogen and oxygen atoms in total. The number of rotatable bonds is 5. The fraction of sp³-hybridized carbons (Fsp3) is 0.522. The van der Waals surface area contributed by atoms with Crippen molar-refractivity contribution in [2.45, 2.75) is 45.1 Å². The molecule has 1 aromatic heterocycles. The fourth-order valence-corrected chi connectivity index (χ4v) is 5.32. The van der Waals surface area contributed by atoms with Gasteiger partial charge in [0.2, 0.25) is 5.91 Å². The van der Waals surface area contributed by atoms with Crippen LogP contribution in [-0.2, 0) is 9.59 Å². The number of ketones is 1. The van der Waals surface area contributed by atoms with Gasteiger partial charge in [0.25, 0.3) is 0 Å². The summed E-state index contributed by atoms with van der Waals surface area (Å²) >= 11 is 0. The second kappa shape index (κ2) is 8.22. The Labute approximate surface area is 186 Å². The van der Waals surface area contributed by atoms with E-state index in [1.807, 2.05) is 30.0 Å². The number of carbonyl (C=O) groups excluding carboxylic acids is 2. The van der Waals surface area contributed by atoms with E-state index in [0.717, 1.165) is 54.9 Å². The predicted octanol–water partition coefficient (Wildman–Crippen LogP) is 1.57. The van der Waals surface area contributed by atoms with E-state index in [4.69, 9.17) is 0 Å². The average Bonchev–Trinajstić information content (AvgIpc) is 3.52. The van der Waals surface area contributed by atoms with E-state index in [1.165, 1.54) is 0 Å². The molecule has 1 aliphatic carbocycles. The molecule has 1 spiro atoms. The summed E-state index contributed by atoms with van der Waals surface area (Å²) < 4.78 is 1.59. The number of tetrazole rings is 1. The molecule has 2 aliphatic heterocycles. The first-order valence-corrected chi connectivity index (χ1v) is 11.2. The van der Waals surface area contributed by atoms with Gasteiger partial charge < -0.3 is 14.9 Å². The normalized spacial score (nSPS) is 22.1. The van der Waals surface area contributed by atoms with E-state index in [1.54, 1.807) is 17.1 Å². The van der Waals surface area contributed by atoms with E-state index >= 15 is 0 Å². The van der Waals surface area contributed by atoms with Crippen molar-refractivity contribution < 1.29 is 14.7 Å². The van der Waals surface area contributed by atoms with Crippen LogP contribution in [0.2, 0.25) is 0 Å². The molecule has 0 bridgehead atoms. The quantitative estimate of drug-likeness (QED) is 0.758. The molecule has 3 aliphatic rings. The van der Waals surface area contributed by atoms with Gasteiger partial charge in [-0.2, -0.15) is 0 Å². The van der Waals surface area contributed by atoms with Gasteiger partial charge in [-0.3, -0.25) is 9.59 Å². The van der Waals surface area contributed by atoms with Gasteiger partial charge >= 0.3 is 0 Å². The van der Waals surface area contributed by atoms with Gasteiger partial charge in [0.05, 0.1) is 17.2 Å². The first-order valence-electron chi connectivity index (χ1n) is 11.2. The highest BCUT2D eigenvalue weighted by molar-refractivity contribution is 5.95. The number of β-amino-alcohol motifs (C(OH)–C–C–N with tert-alkyl or cyclic N) is 1. The van der Waals surface area contributed by atoms with Crippen LogP contribution >= 0.6 is 0 Å². The minimum Gasteiger partial charge on any atom is -0.387 e. The van der Waals surface area contributed by atoms with Crippen molar-refractivity contribution in [1.29, 1.82) is 0 Å². The Morgan fingerprint density at radius 2 is 1.91 bits per heavy atom. The third kappa shape index (κ3) is 3.75. The SMILES string of the molecule is Cc1cc(-n2cnnn2)ccc1C(O)CN1CCC2(CC1)CCN(C1=CC(=O)CC1)C2=O. The Kier molecular flexibility index (Phi) is 5.38. The molecule has 3 heterocycles. The first-order chi connectivity index (χ1) is 15.4. The largest absolute Gasteiger partial charge is 0.387 e. The minimum atomic E-state index is -0.600. The predicted molar refractivity (Wildman–Crippen MR) is 116 cm³/mol. The van der Waals surface area contributed by atoms with Crippen LogP contribution in [0.15, 0.2) is 36.3 Å². The number of hydrogen-bond donors (Lipinski definition) is 1. The molecule has 0 radical (unpaired) electrons. The fourth-order valence-electron chi connectivity index (χ4n) is 5.32. The second-order valence-corrected chi connectivity index (χ2v) is 9.20. The molecule has 1 unspecified atom stereocenters. The molecule has 2 fully saturated rings. The number of aliphatic hydroxyl groups excluding tert-OH is 1. The molecule has 5 rings (SSSR count). The van der Waals surface area contributed by atoms with E-state index < -0.39 is 6.10 Å². The lowest BCUT2D eigenvalue weighted by atomic mass is 9.77. The summed E-state index contributed by atoms with van der Waals surface area (Å²) in [7, 11) is 0. The van der Waals surface area contributed by atoms with Crippen LogP contribution in [0.1, 0.15) is 49.3 Å². The number of aromatic nitrogens is 4. The third-order valence-corrected chi connectivity index (χ3v) is 7.28. The number of amides is 1. The van der Waals surface area contributed by atoms with Gasteiger partial charge in [-0.15, -0.1) is 5.10 Å². The van der Waals surface area contributed by atoms with Gasteiger partial charge in [-0.1, -0.05) is 6.07 Å². The van der Waals surface area contributed by atoms with Crippen LogP contribution in [0.3, 0.4) is 0 Å². The molecule has 9 heteroatoms. The van der Waals surface area contributed by atoms with Crippen molar-refractivity contribution in [2.75, 3.05) is 26.2 Å². The first kappa shape index (κ1) is 21.0. The summed E-state index contributed by atoms with van der Waals surface area (Å²) in [5.74, 6) is 0.312. The molecular weight excluding hydrogens is 408 g/mol. The van der Waals surface area contributed by atoms with Crippen molar-refractivity contribution in [3.05, 3.63) is 47.4 Å². The minimum absolute atomic E-state index is 0.124. The number of aryl methyl sites for hydroxylation is 1. The van der Waals surface area contributed by atoms with E-state index in [-0.39, 0.29) is 17.1 Å². The van der Waals surface area contributed by atoms with Crippen molar-refractivity contribution in [3.63, 3.8) is 0 Å². The number of piperidine rings is 1. The van der Waals surface area contributed by atoms with Crippen LogP contribution in [0.25, 0.3) is 5.69 Å². The summed E-state index contributed by atoms with van der Waals surface area (Å²) in [5, 5.41) is 22.1. The number of nitrogens with zero attached hydrogens (tertiary/aromatic N) is 6. The maximum atomic E-state index is 13.2. The Bertz CT molecular complexity index is 1060. The Hall–Kier alpha value is -2.91. The monoisotopic (exact) mass is 436 g/mol. The molecule has 2 saturated heterocycles. The van der Waals surface area contributed by atoms with E-state index in [9.17, 15) is 14.7 Å². The highest BCUT2D eigenvalue weighted by Crippen LogP contribution is 2.44. The van der Waals surface area contributed by atoms with Crippen molar-refractivity contribution in [2.24, 2.45) is 5.41 Å². The van der Waals surface area contributed by atoms with Crippen LogP contribution in [0.4, 0.5) is 0 Å². The number of likely N-dealkylation sites (tertiary alicyclic amines) is 2. The maximum absolute atomic E-state index is 13.2. The number of carbonyl (C=O) groups is 2. The smallest absolute Gasteiger partial charge is 0.233 e. The zero-order chi connectivity index (χ0) is 22.3. The lowest BCUT2D eigenvalue weighted by Crippen LogP contribution is -2.45. The maximum Gasteiger partial charge on any atom is 0.233 e. The lowest BCUT2D eigenvalue weighted by molar-refractivity contribution is -0.137. The highest BCUT2D eigenvalue weighted by atomic mass is 16.3. The number of allylic oxidation sites excluding steroid dienone is 2. The summed E-state index contributed by atoms with van der Waals surface area (Å²) in [6, 6.07) is 5.80. The molecule has 1 aromatic carbocycles. The molecule has 1 amide bonds. The Balaban J connectivity index is 1.20. The molecular formula is C23H28N6O3. The number of benzene rings is 1. The second-order valence-electron chi connectivity index (χ2n) is 9.20. The Morgan fingerprint density at radius 1 is 1.12 bits per heavy atom. The topological polar surface area (TPSA) is 104 Å². The number of aliphatic hydroxyl groups is 1. The van der Waals surface area contributed by atoms with Gasteiger partial charge in [0, 0.05) is 31.3 Å². The van der Waals surface area contributed by atoms with Gasteiger partial charge in [0.1, 0.15) is 6.33 Å². The molecule has 0 saturated carbocycles. The van der Waals surface area contributed by atoms with Crippen molar-refractivity contribution in [3.8, 4) is 5.69 Å². The van der Waals surface area contributed by atoms with Crippen LogP contribution in [0, 0.1) is 12.3 Å². The standard InChI is InChI=1S/C23H28N6O3/c1-16-12-18(29-15-24-25-26-29)3-5-20(16)21(31)14-27-9-6-23(7-10-27)8-11-28(22(23)32)17-2-4-19(30)13-17/h3,5,12-13,15,21,31H,2,4,6-11,14H2,1H3. The molecule has 2 aromatic rings. The Morgan fingerprint density at radius 3 is 2.56 bits per heavy atom. The lowest BCUT2D eigenvalue weighted by Gasteiger charge is -2.38. The van der Waals surface area contributed by atoms with Crippen LogP contribution in [-0.4, -0.2) is 73.0 Å². The summed E-state index contributed by atoms with van der Waals surface area (Å²) in [5.41, 5.74) is 3.32. The molecule has 32 heavy (non-hydrogen) atoms. The van der Waals surface area contributed by atoms with Crippen LogP contribution < -0.4 is 0 Å². The number of hydrogen-bond acceptors (Lipinski definition) is 7. The molecule has 1 N–H and O–H groups in total. The third-order valence-electron chi connectivity index (χ3n) is 7.28. The zero-order valence-corrected chi connectivity index (χ0v) is 18.3. The van der Waals surface area contributed by atoms with Crippen molar-refractivity contribution in [1.82, 2.24) is 30.0 Å². The van der Waals surface area contributed by atoms with Gasteiger partial charge in [-0.05, 0) is 79.4 Å². The van der Waals surface area contributed by atoms with E-state index in [0.29, 0.717) is 25.9 Å². The van der Waals surface area contributed by atoms with Crippen molar-refractivity contribution >= 4 is 11.7 Å². The van der Waals surface area contributed by atoms with Crippen LogP contribution in [0.5, 0.6) is 0 Å². The molecule has 168 valence electrons. The summed E-state index contributed by atoms with van der Waals surface area (Å²) in [4.78, 5) is 28.9.